The van der Waals surface area contributed by atoms with Crippen molar-refractivity contribution in [2.45, 2.75) is 25.8 Å². The molecular weight excluding hydrogens is 298 g/mol. The molecule has 0 aromatic carbocycles. The van der Waals surface area contributed by atoms with Crippen LogP contribution in [0.15, 0.2) is 29.0 Å². The summed E-state index contributed by atoms with van der Waals surface area (Å²) >= 11 is 0. The highest BCUT2D eigenvalue weighted by Crippen LogP contribution is 2.29. The fourth-order valence-electron chi connectivity index (χ4n) is 2.61. The fraction of sp³-hybridized carbons (Fsp3) is 0.467. The Kier molecular flexibility index (Phi) is 4.82. The molecule has 2 amide bonds. The number of carbonyl (C=O) groups is 1. The van der Waals surface area contributed by atoms with Gasteiger partial charge in [0.25, 0.3) is 0 Å². The molecular formula is C15H19N5O3. The molecule has 0 radical (unpaired) electrons. The molecule has 8 nitrogen and oxygen atoms in total. The largest absolute Gasteiger partial charge is 0.381 e. The Hall–Kier alpha value is -2.48. The van der Waals surface area contributed by atoms with E-state index in [-0.39, 0.29) is 18.0 Å². The number of aryl methyl sites for hydroxylation is 1. The van der Waals surface area contributed by atoms with Crippen LogP contribution >= 0.6 is 0 Å². The van der Waals surface area contributed by atoms with Gasteiger partial charge in [-0.2, -0.15) is 4.98 Å². The second-order valence-corrected chi connectivity index (χ2v) is 5.45. The molecule has 2 aromatic heterocycles. The first-order chi connectivity index (χ1) is 11.2. The summed E-state index contributed by atoms with van der Waals surface area (Å²) in [6.07, 6.45) is 4.90. The molecule has 3 heterocycles. The first kappa shape index (κ1) is 15.4. The van der Waals surface area contributed by atoms with Gasteiger partial charge in [0.2, 0.25) is 5.89 Å². The van der Waals surface area contributed by atoms with E-state index in [0.717, 1.165) is 12.8 Å². The molecule has 1 fully saturated rings. The van der Waals surface area contributed by atoms with Crippen LogP contribution in [0.25, 0.3) is 0 Å². The lowest BCUT2D eigenvalue weighted by Crippen LogP contribution is -2.38. The predicted octanol–water partition coefficient (Wildman–Crippen LogP) is 2.06. The van der Waals surface area contributed by atoms with Crippen molar-refractivity contribution in [2.24, 2.45) is 5.92 Å². The van der Waals surface area contributed by atoms with E-state index in [2.05, 4.69) is 25.8 Å². The number of pyridine rings is 1. The third-order valence-corrected chi connectivity index (χ3v) is 3.75. The van der Waals surface area contributed by atoms with Crippen LogP contribution in [-0.2, 0) is 4.74 Å². The van der Waals surface area contributed by atoms with E-state index in [4.69, 9.17) is 9.26 Å². The molecule has 0 aliphatic carbocycles. The van der Waals surface area contributed by atoms with E-state index >= 15 is 0 Å². The number of aromatic nitrogens is 3. The van der Waals surface area contributed by atoms with Crippen molar-refractivity contribution in [3.8, 4) is 0 Å². The minimum absolute atomic E-state index is 0.197. The average Bonchev–Trinajstić information content (AvgIpc) is 3.00. The zero-order valence-electron chi connectivity index (χ0n) is 12.9. The van der Waals surface area contributed by atoms with E-state index < -0.39 is 0 Å². The molecule has 3 rings (SSSR count). The van der Waals surface area contributed by atoms with Crippen LogP contribution in [0.2, 0.25) is 0 Å². The zero-order chi connectivity index (χ0) is 16.1. The third-order valence-electron chi connectivity index (χ3n) is 3.75. The maximum Gasteiger partial charge on any atom is 0.319 e. The Bertz CT molecular complexity index is 640. The molecule has 2 N–H and O–H groups in total. The van der Waals surface area contributed by atoms with Crippen LogP contribution in [0, 0.1) is 12.8 Å². The SMILES string of the molecule is Cc1noc(C(NC(=O)Nc2cccnc2)C2CCOCC2)n1. The molecule has 122 valence electrons. The van der Waals surface area contributed by atoms with Gasteiger partial charge in [-0.25, -0.2) is 4.79 Å². The summed E-state index contributed by atoms with van der Waals surface area (Å²) in [7, 11) is 0. The molecule has 1 atom stereocenters. The molecule has 0 saturated carbocycles. The highest BCUT2D eigenvalue weighted by molar-refractivity contribution is 5.89. The normalized spacial score (nSPS) is 16.7. The fourth-order valence-corrected chi connectivity index (χ4v) is 2.61. The number of urea groups is 1. The number of anilines is 1. The van der Waals surface area contributed by atoms with Crippen LogP contribution in [-0.4, -0.2) is 34.4 Å². The number of hydrogen-bond acceptors (Lipinski definition) is 6. The van der Waals surface area contributed by atoms with Crippen molar-refractivity contribution in [3.63, 3.8) is 0 Å². The van der Waals surface area contributed by atoms with E-state index in [9.17, 15) is 4.79 Å². The first-order valence-corrected chi connectivity index (χ1v) is 7.58. The van der Waals surface area contributed by atoms with E-state index in [1.165, 1.54) is 0 Å². The van der Waals surface area contributed by atoms with Crippen LogP contribution in [0.1, 0.15) is 30.6 Å². The number of hydrogen-bond donors (Lipinski definition) is 2. The molecule has 1 saturated heterocycles. The average molecular weight is 317 g/mol. The number of carbonyl (C=O) groups excluding carboxylic acids is 1. The second kappa shape index (κ2) is 7.19. The van der Waals surface area contributed by atoms with Gasteiger partial charge in [0.05, 0.1) is 11.9 Å². The maximum absolute atomic E-state index is 12.3. The summed E-state index contributed by atoms with van der Waals surface area (Å²) in [5, 5.41) is 9.51. The monoisotopic (exact) mass is 317 g/mol. The van der Waals surface area contributed by atoms with E-state index in [1.54, 1.807) is 31.5 Å². The van der Waals surface area contributed by atoms with Gasteiger partial charge in [-0.3, -0.25) is 4.98 Å². The topological polar surface area (TPSA) is 102 Å². The Balaban J connectivity index is 1.71. The molecule has 2 aromatic rings. The molecule has 1 aliphatic rings. The van der Waals surface area contributed by atoms with Gasteiger partial charge in [-0.05, 0) is 37.8 Å². The van der Waals surface area contributed by atoms with Gasteiger partial charge in [0.1, 0.15) is 6.04 Å². The number of ether oxygens (including phenoxy) is 1. The molecule has 1 unspecified atom stereocenters. The Morgan fingerprint density at radius 3 is 2.87 bits per heavy atom. The van der Waals surface area contributed by atoms with Crippen molar-refractivity contribution in [1.82, 2.24) is 20.4 Å². The van der Waals surface area contributed by atoms with Crippen LogP contribution in [0.3, 0.4) is 0 Å². The lowest BCUT2D eigenvalue weighted by Gasteiger charge is -2.28. The number of amides is 2. The van der Waals surface area contributed by atoms with E-state index in [1.807, 2.05) is 0 Å². The third kappa shape index (κ3) is 4.04. The van der Waals surface area contributed by atoms with Crippen molar-refractivity contribution in [3.05, 3.63) is 36.2 Å². The van der Waals surface area contributed by atoms with Gasteiger partial charge >= 0.3 is 6.03 Å². The molecule has 0 spiro atoms. The molecule has 0 bridgehead atoms. The second-order valence-electron chi connectivity index (χ2n) is 5.45. The smallest absolute Gasteiger partial charge is 0.319 e. The number of nitrogens with one attached hydrogen (secondary N) is 2. The number of nitrogens with zero attached hydrogens (tertiary/aromatic N) is 3. The minimum atomic E-state index is -0.336. The van der Waals surface area contributed by atoms with Crippen LogP contribution < -0.4 is 10.6 Å². The Morgan fingerprint density at radius 2 is 2.22 bits per heavy atom. The highest BCUT2D eigenvalue weighted by Gasteiger charge is 2.31. The quantitative estimate of drug-likeness (QED) is 0.895. The van der Waals surface area contributed by atoms with Crippen molar-refractivity contribution >= 4 is 11.7 Å². The van der Waals surface area contributed by atoms with Crippen molar-refractivity contribution < 1.29 is 14.1 Å². The van der Waals surface area contributed by atoms with Crippen molar-refractivity contribution in [2.75, 3.05) is 18.5 Å². The minimum Gasteiger partial charge on any atom is -0.381 e. The van der Waals surface area contributed by atoms with Crippen LogP contribution in [0.4, 0.5) is 10.5 Å². The molecule has 1 aliphatic heterocycles. The maximum atomic E-state index is 12.3. The summed E-state index contributed by atoms with van der Waals surface area (Å²) in [5.74, 6) is 1.17. The zero-order valence-corrected chi connectivity index (χ0v) is 12.9. The Morgan fingerprint density at radius 1 is 1.39 bits per heavy atom. The van der Waals surface area contributed by atoms with Crippen LogP contribution in [0.5, 0.6) is 0 Å². The lowest BCUT2D eigenvalue weighted by atomic mass is 9.91. The summed E-state index contributed by atoms with van der Waals surface area (Å²) < 4.78 is 10.7. The summed E-state index contributed by atoms with van der Waals surface area (Å²) in [6.45, 7) is 3.09. The van der Waals surface area contributed by atoms with Gasteiger partial charge in [-0.15, -0.1) is 0 Å². The highest BCUT2D eigenvalue weighted by atomic mass is 16.5. The van der Waals surface area contributed by atoms with E-state index in [0.29, 0.717) is 30.6 Å². The van der Waals surface area contributed by atoms with Gasteiger partial charge in [-0.1, -0.05) is 5.16 Å². The summed E-state index contributed by atoms with van der Waals surface area (Å²) in [5.41, 5.74) is 0.623. The first-order valence-electron chi connectivity index (χ1n) is 7.58. The standard InChI is InChI=1S/C15H19N5O3/c1-10-17-14(23-20-10)13(11-4-7-22-8-5-11)19-15(21)18-12-3-2-6-16-9-12/h2-3,6,9,11,13H,4-5,7-8H2,1H3,(H2,18,19,21). The summed E-state index contributed by atoms with van der Waals surface area (Å²) in [6, 6.07) is 2.86. The Labute approximate surface area is 133 Å². The summed E-state index contributed by atoms with van der Waals surface area (Å²) in [4.78, 5) is 20.5. The predicted molar refractivity (Wildman–Crippen MR) is 81.7 cm³/mol. The van der Waals surface area contributed by atoms with Gasteiger partial charge in [0, 0.05) is 19.4 Å². The lowest BCUT2D eigenvalue weighted by molar-refractivity contribution is 0.0506. The number of rotatable bonds is 4. The van der Waals surface area contributed by atoms with Gasteiger partial charge < -0.3 is 19.9 Å². The molecule has 8 heteroatoms. The van der Waals surface area contributed by atoms with Gasteiger partial charge in [0.15, 0.2) is 5.82 Å². The molecule has 23 heavy (non-hydrogen) atoms. The van der Waals surface area contributed by atoms with Crippen molar-refractivity contribution in [1.29, 1.82) is 0 Å².